The molecule has 0 spiro atoms. The number of aryl methyl sites for hydroxylation is 1. The Bertz CT molecular complexity index is 946. The van der Waals surface area contributed by atoms with Crippen LogP contribution in [0.2, 0.25) is 0 Å². The number of carbonyl (C=O) groups is 2. The molecule has 2 aromatic rings. The average molecular weight is 402 g/mol. The van der Waals surface area contributed by atoms with Gasteiger partial charge >= 0.3 is 0 Å². The predicted molar refractivity (Wildman–Crippen MR) is 102 cm³/mol. The molecule has 1 fully saturated rings. The minimum atomic E-state index is -0.733. The van der Waals surface area contributed by atoms with Crippen LogP contribution in [0.1, 0.15) is 35.2 Å². The van der Waals surface area contributed by atoms with Gasteiger partial charge in [-0.15, -0.1) is 0 Å². The van der Waals surface area contributed by atoms with Crippen molar-refractivity contribution in [3.63, 3.8) is 0 Å². The number of rotatable bonds is 2. The number of nitrogens with zero attached hydrogens (tertiary/aromatic N) is 2. The second-order valence-electron chi connectivity index (χ2n) is 7.59. The van der Waals surface area contributed by atoms with Gasteiger partial charge in [0.1, 0.15) is 17.5 Å². The van der Waals surface area contributed by atoms with Crippen molar-refractivity contribution in [2.75, 3.05) is 24.5 Å². The van der Waals surface area contributed by atoms with E-state index in [-0.39, 0.29) is 24.0 Å². The number of hydrogen-bond donors (Lipinski definition) is 0. The van der Waals surface area contributed by atoms with Crippen molar-refractivity contribution >= 4 is 17.5 Å². The SMILES string of the molecule is O=C(c1ccc(F)cc1)N1CCCC(C(=O)N2CCCc3cc(F)cc(F)c32)C1. The first-order chi connectivity index (χ1) is 13.9. The summed E-state index contributed by atoms with van der Waals surface area (Å²) in [7, 11) is 0. The average Bonchev–Trinajstić information content (AvgIpc) is 2.72. The summed E-state index contributed by atoms with van der Waals surface area (Å²) in [6, 6.07) is 7.39. The van der Waals surface area contributed by atoms with E-state index in [2.05, 4.69) is 0 Å². The van der Waals surface area contributed by atoms with Gasteiger partial charge in [-0.3, -0.25) is 9.59 Å². The maximum absolute atomic E-state index is 14.4. The highest BCUT2D eigenvalue weighted by Gasteiger charge is 2.35. The van der Waals surface area contributed by atoms with Crippen LogP contribution in [-0.4, -0.2) is 36.3 Å². The molecule has 0 aromatic heterocycles. The highest BCUT2D eigenvalue weighted by molar-refractivity contribution is 5.98. The summed E-state index contributed by atoms with van der Waals surface area (Å²) >= 11 is 0. The second-order valence-corrected chi connectivity index (χ2v) is 7.59. The molecule has 2 aromatic carbocycles. The molecule has 0 saturated carbocycles. The molecule has 7 heteroatoms. The zero-order valence-electron chi connectivity index (χ0n) is 15.8. The van der Waals surface area contributed by atoms with Gasteiger partial charge in [0.2, 0.25) is 5.91 Å². The number of carbonyl (C=O) groups excluding carboxylic acids is 2. The van der Waals surface area contributed by atoms with Gasteiger partial charge in [0.15, 0.2) is 0 Å². The number of amides is 2. The number of hydrogen-bond acceptors (Lipinski definition) is 2. The van der Waals surface area contributed by atoms with Gasteiger partial charge in [-0.1, -0.05) is 0 Å². The first-order valence-corrected chi connectivity index (χ1v) is 9.78. The molecule has 1 atom stereocenters. The van der Waals surface area contributed by atoms with Gasteiger partial charge in [-0.05, 0) is 61.6 Å². The Morgan fingerprint density at radius 3 is 2.45 bits per heavy atom. The molecule has 152 valence electrons. The standard InChI is InChI=1S/C22H21F3N2O2/c23-17-7-5-14(6-8-17)21(28)26-9-1-4-16(13-26)22(29)27-10-2-3-15-11-18(24)12-19(25)20(15)27/h5-8,11-12,16H,1-4,9-10,13H2. The van der Waals surface area contributed by atoms with Gasteiger partial charge in [0, 0.05) is 31.3 Å². The van der Waals surface area contributed by atoms with Crippen LogP contribution in [0.5, 0.6) is 0 Å². The second kappa shape index (κ2) is 7.89. The number of piperidine rings is 1. The Morgan fingerprint density at radius 2 is 1.69 bits per heavy atom. The molecule has 29 heavy (non-hydrogen) atoms. The molecular weight excluding hydrogens is 381 g/mol. The molecule has 2 aliphatic heterocycles. The summed E-state index contributed by atoms with van der Waals surface area (Å²) in [5.41, 5.74) is 1.02. The van der Waals surface area contributed by atoms with E-state index in [0.29, 0.717) is 49.9 Å². The topological polar surface area (TPSA) is 40.6 Å². The molecule has 2 heterocycles. The third-order valence-electron chi connectivity index (χ3n) is 5.62. The number of benzene rings is 2. The fraction of sp³-hybridized carbons (Fsp3) is 0.364. The van der Waals surface area contributed by atoms with E-state index in [0.717, 1.165) is 6.07 Å². The van der Waals surface area contributed by atoms with Crippen molar-refractivity contribution in [1.29, 1.82) is 0 Å². The first kappa shape index (κ1) is 19.5. The van der Waals surface area contributed by atoms with E-state index >= 15 is 0 Å². The summed E-state index contributed by atoms with van der Waals surface area (Å²) < 4.78 is 41.1. The van der Waals surface area contributed by atoms with Crippen molar-refractivity contribution in [3.8, 4) is 0 Å². The van der Waals surface area contributed by atoms with Crippen molar-refractivity contribution in [1.82, 2.24) is 4.90 Å². The largest absolute Gasteiger partial charge is 0.338 e. The zero-order chi connectivity index (χ0) is 20.5. The quantitative estimate of drug-likeness (QED) is 0.764. The maximum atomic E-state index is 14.4. The lowest BCUT2D eigenvalue weighted by Gasteiger charge is -2.37. The summed E-state index contributed by atoms with van der Waals surface area (Å²) in [6.45, 7) is 1.11. The fourth-order valence-corrected chi connectivity index (χ4v) is 4.23. The van der Waals surface area contributed by atoms with Crippen LogP contribution >= 0.6 is 0 Å². The van der Waals surface area contributed by atoms with Crippen molar-refractivity contribution in [3.05, 3.63) is 65.0 Å². The van der Waals surface area contributed by atoms with Crippen molar-refractivity contribution in [2.24, 2.45) is 5.92 Å². The van der Waals surface area contributed by atoms with E-state index in [1.165, 1.54) is 35.2 Å². The first-order valence-electron chi connectivity index (χ1n) is 9.78. The Kier molecular flexibility index (Phi) is 5.30. The monoisotopic (exact) mass is 402 g/mol. The zero-order valence-corrected chi connectivity index (χ0v) is 15.8. The summed E-state index contributed by atoms with van der Waals surface area (Å²) in [5, 5.41) is 0. The van der Waals surface area contributed by atoms with Crippen LogP contribution in [0.3, 0.4) is 0 Å². The molecule has 1 unspecified atom stereocenters. The number of halogens is 3. The number of fused-ring (bicyclic) bond motifs is 1. The van der Waals surface area contributed by atoms with E-state index in [9.17, 15) is 22.8 Å². The van der Waals surface area contributed by atoms with Crippen molar-refractivity contribution in [2.45, 2.75) is 25.7 Å². The lowest BCUT2D eigenvalue weighted by molar-refractivity contribution is -0.123. The van der Waals surface area contributed by atoms with Crippen LogP contribution in [0.4, 0.5) is 18.9 Å². The molecule has 4 rings (SSSR count). The third-order valence-corrected chi connectivity index (χ3v) is 5.62. The molecule has 0 bridgehead atoms. The maximum Gasteiger partial charge on any atom is 0.253 e. The summed E-state index contributed by atoms with van der Waals surface area (Å²) in [6.07, 6.45) is 2.40. The van der Waals surface area contributed by atoms with Crippen LogP contribution in [0.25, 0.3) is 0 Å². The summed E-state index contributed by atoms with van der Waals surface area (Å²) in [5.74, 6) is -2.76. The predicted octanol–water partition coefficient (Wildman–Crippen LogP) is 3.94. The van der Waals surface area contributed by atoms with Gasteiger partial charge in [0.05, 0.1) is 11.6 Å². The highest BCUT2D eigenvalue weighted by atomic mass is 19.1. The van der Waals surface area contributed by atoms with E-state index < -0.39 is 23.4 Å². The molecule has 2 aliphatic rings. The molecular formula is C22H21F3N2O2. The normalized spacial score (nSPS) is 19.1. The molecule has 0 radical (unpaired) electrons. The van der Waals surface area contributed by atoms with E-state index in [1.807, 2.05) is 0 Å². The molecule has 0 N–H and O–H groups in total. The fourth-order valence-electron chi connectivity index (χ4n) is 4.23. The van der Waals surface area contributed by atoms with Gasteiger partial charge in [-0.25, -0.2) is 13.2 Å². The van der Waals surface area contributed by atoms with Crippen LogP contribution in [0, 0.1) is 23.4 Å². The Balaban J connectivity index is 1.53. The van der Waals surface area contributed by atoms with E-state index in [1.54, 1.807) is 4.90 Å². The third kappa shape index (κ3) is 3.86. The summed E-state index contributed by atoms with van der Waals surface area (Å²) in [4.78, 5) is 28.9. The van der Waals surface area contributed by atoms with Crippen LogP contribution < -0.4 is 4.90 Å². The molecule has 2 amide bonds. The van der Waals surface area contributed by atoms with E-state index in [4.69, 9.17) is 0 Å². The molecule has 4 nitrogen and oxygen atoms in total. The van der Waals surface area contributed by atoms with Crippen LogP contribution in [-0.2, 0) is 11.2 Å². The molecule has 0 aliphatic carbocycles. The van der Waals surface area contributed by atoms with Gasteiger partial charge < -0.3 is 9.80 Å². The highest BCUT2D eigenvalue weighted by Crippen LogP contribution is 2.33. The van der Waals surface area contributed by atoms with Crippen LogP contribution in [0.15, 0.2) is 36.4 Å². The smallest absolute Gasteiger partial charge is 0.253 e. The lowest BCUT2D eigenvalue weighted by Crippen LogP contribution is -2.48. The lowest BCUT2D eigenvalue weighted by atomic mass is 9.93. The van der Waals surface area contributed by atoms with Gasteiger partial charge in [0.25, 0.3) is 5.91 Å². The Hall–Kier alpha value is -2.83. The Labute approximate surface area is 166 Å². The Morgan fingerprint density at radius 1 is 0.931 bits per heavy atom. The van der Waals surface area contributed by atoms with Gasteiger partial charge in [-0.2, -0.15) is 0 Å². The molecule has 1 saturated heterocycles. The minimum absolute atomic E-state index is 0.157. The number of anilines is 1. The minimum Gasteiger partial charge on any atom is -0.338 e. The number of likely N-dealkylation sites (tertiary alicyclic amines) is 1. The van der Waals surface area contributed by atoms with Crippen molar-refractivity contribution < 1.29 is 22.8 Å².